The molecule has 102 valence electrons. The second-order valence-electron chi connectivity index (χ2n) is 4.32. The van der Waals surface area contributed by atoms with E-state index in [4.69, 9.17) is 10.3 Å². The highest BCUT2D eigenvalue weighted by Gasteiger charge is 2.18. The van der Waals surface area contributed by atoms with E-state index in [9.17, 15) is 4.39 Å². The van der Waals surface area contributed by atoms with Crippen LogP contribution in [-0.4, -0.2) is 20.1 Å². The van der Waals surface area contributed by atoms with Crippen molar-refractivity contribution in [3.8, 4) is 11.4 Å². The van der Waals surface area contributed by atoms with Crippen LogP contribution >= 0.6 is 0 Å². The van der Waals surface area contributed by atoms with E-state index in [1.807, 2.05) is 0 Å². The van der Waals surface area contributed by atoms with E-state index in [-0.39, 0.29) is 17.3 Å². The van der Waals surface area contributed by atoms with Crippen molar-refractivity contribution in [2.45, 2.75) is 12.5 Å². The van der Waals surface area contributed by atoms with Crippen molar-refractivity contribution in [1.82, 2.24) is 20.1 Å². The van der Waals surface area contributed by atoms with Crippen LogP contribution in [0.5, 0.6) is 0 Å². The first kappa shape index (κ1) is 12.5. The minimum atomic E-state index is -0.469. The molecule has 3 rings (SSSR count). The maximum atomic E-state index is 13.6. The average molecular weight is 273 g/mol. The predicted molar refractivity (Wildman–Crippen MR) is 68.9 cm³/mol. The predicted octanol–water partition coefficient (Wildman–Crippen LogP) is 1.84. The summed E-state index contributed by atoms with van der Waals surface area (Å²) in [7, 11) is 0. The van der Waals surface area contributed by atoms with Gasteiger partial charge in [0, 0.05) is 18.3 Å². The maximum Gasteiger partial charge on any atom is 0.244 e. The zero-order valence-corrected chi connectivity index (χ0v) is 10.5. The number of nitrogens with zero attached hydrogens (tertiary/aromatic N) is 3. The van der Waals surface area contributed by atoms with Gasteiger partial charge in [-0.1, -0.05) is 17.3 Å². The molecule has 3 N–H and O–H groups in total. The molecule has 1 atom stereocenters. The summed E-state index contributed by atoms with van der Waals surface area (Å²) >= 11 is 0. The molecule has 0 spiro atoms. The highest BCUT2D eigenvalue weighted by molar-refractivity contribution is 5.54. The Morgan fingerprint density at radius 2 is 2.20 bits per heavy atom. The molecule has 0 aliphatic carbocycles. The molecule has 7 heteroatoms. The summed E-state index contributed by atoms with van der Waals surface area (Å²) in [5.74, 6) is 0.0537. The Morgan fingerprint density at radius 1 is 1.35 bits per heavy atom. The number of hydrogen-bond acceptors (Lipinski definition) is 5. The van der Waals surface area contributed by atoms with Crippen molar-refractivity contribution in [3.05, 3.63) is 54.2 Å². The number of H-pyrrole nitrogens is 1. The molecule has 2 aromatic heterocycles. The second-order valence-corrected chi connectivity index (χ2v) is 4.32. The molecular weight excluding hydrogens is 261 g/mol. The topological polar surface area (TPSA) is 93.6 Å². The smallest absolute Gasteiger partial charge is 0.244 e. The lowest BCUT2D eigenvalue weighted by atomic mass is 10.2. The van der Waals surface area contributed by atoms with Crippen LogP contribution in [0.3, 0.4) is 0 Å². The maximum absolute atomic E-state index is 13.6. The Hall–Kier alpha value is -2.54. The van der Waals surface area contributed by atoms with E-state index in [0.717, 1.165) is 5.69 Å². The minimum absolute atomic E-state index is 0.193. The largest absolute Gasteiger partial charge is 0.348 e. The third kappa shape index (κ3) is 2.43. The number of nitrogens with one attached hydrogen (secondary N) is 1. The fourth-order valence-electron chi connectivity index (χ4n) is 1.86. The lowest BCUT2D eigenvalue weighted by molar-refractivity contribution is 0.353. The standard InChI is InChI=1S/C13H12FN5O/c14-10-4-2-1-3-9(10)12-18-13(20-19-12)11(15)5-8-6-16-7-17-8/h1-4,6-7,11H,5,15H2,(H,16,17)/t11-/m0/s1. The lowest BCUT2D eigenvalue weighted by Crippen LogP contribution is -2.14. The van der Waals surface area contributed by atoms with Gasteiger partial charge < -0.3 is 15.2 Å². The molecule has 20 heavy (non-hydrogen) atoms. The molecular formula is C13H12FN5O. The molecule has 0 saturated heterocycles. The molecule has 0 saturated carbocycles. The third-order valence-electron chi connectivity index (χ3n) is 2.87. The van der Waals surface area contributed by atoms with Crippen LogP contribution in [0.25, 0.3) is 11.4 Å². The number of nitrogens with two attached hydrogens (primary N) is 1. The molecule has 0 unspecified atom stereocenters. The van der Waals surface area contributed by atoms with Crippen LogP contribution in [0.2, 0.25) is 0 Å². The van der Waals surface area contributed by atoms with Gasteiger partial charge in [-0.15, -0.1) is 0 Å². The third-order valence-corrected chi connectivity index (χ3v) is 2.87. The summed E-state index contributed by atoms with van der Waals surface area (Å²) < 4.78 is 18.7. The lowest BCUT2D eigenvalue weighted by Gasteiger charge is -2.03. The quantitative estimate of drug-likeness (QED) is 0.756. The van der Waals surface area contributed by atoms with Gasteiger partial charge in [-0.25, -0.2) is 9.37 Å². The van der Waals surface area contributed by atoms with Gasteiger partial charge in [0.15, 0.2) is 0 Å². The zero-order valence-electron chi connectivity index (χ0n) is 10.5. The monoisotopic (exact) mass is 273 g/mol. The molecule has 0 fully saturated rings. The highest BCUT2D eigenvalue weighted by Crippen LogP contribution is 2.21. The number of benzene rings is 1. The molecule has 1 aromatic carbocycles. The molecule has 0 aliphatic heterocycles. The summed E-state index contributed by atoms with van der Waals surface area (Å²) in [5, 5.41) is 3.77. The number of rotatable bonds is 4. The Kier molecular flexibility index (Phi) is 3.26. The van der Waals surface area contributed by atoms with Crippen molar-refractivity contribution < 1.29 is 8.91 Å². The van der Waals surface area contributed by atoms with E-state index < -0.39 is 11.9 Å². The Morgan fingerprint density at radius 3 is 2.95 bits per heavy atom. The van der Waals surface area contributed by atoms with Crippen molar-refractivity contribution >= 4 is 0 Å². The highest BCUT2D eigenvalue weighted by atomic mass is 19.1. The number of halogens is 1. The van der Waals surface area contributed by atoms with Gasteiger partial charge in [0.2, 0.25) is 11.7 Å². The van der Waals surface area contributed by atoms with Gasteiger partial charge in [-0.3, -0.25) is 0 Å². The molecule has 0 radical (unpaired) electrons. The van der Waals surface area contributed by atoms with Gasteiger partial charge in [-0.2, -0.15) is 4.98 Å². The Labute approximate surface area is 113 Å². The first-order chi connectivity index (χ1) is 9.74. The van der Waals surface area contributed by atoms with Crippen LogP contribution in [0.15, 0.2) is 41.3 Å². The fourth-order valence-corrected chi connectivity index (χ4v) is 1.86. The number of hydrogen-bond donors (Lipinski definition) is 2. The molecule has 2 heterocycles. The number of aromatic amines is 1. The van der Waals surface area contributed by atoms with Gasteiger partial charge in [0.25, 0.3) is 0 Å². The van der Waals surface area contributed by atoms with E-state index in [1.165, 1.54) is 6.07 Å². The molecule has 0 bridgehead atoms. The molecule has 0 amide bonds. The summed E-state index contributed by atoms with van der Waals surface area (Å²) in [6.07, 6.45) is 3.73. The molecule has 0 aliphatic rings. The van der Waals surface area contributed by atoms with E-state index >= 15 is 0 Å². The Balaban J connectivity index is 1.81. The molecule has 3 aromatic rings. The van der Waals surface area contributed by atoms with E-state index in [0.29, 0.717) is 6.42 Å². The van der Waals surface area contributed by atoms with E-state index in [1.54, 1.807) is 30.7 Å². The van der Waals surface area contributed by atoms with Crippen LogP contribution < -0.4 is 5.73 Å². The Bertz CT molecular complexity index is 694. The summed E-state index contributed by atoms with van der Waals surface area (Å²) in [6.45, 7) is 0. The van der Waals surface area contributed by atoms with Crippen molar-refractivity contribution in [2.24, 2.45) is 5.73 Å². The van der Waals surface area contributed by atoms with Gasteiger partial charge in [0.1, 0.15) is 5.82 Å². The van der Waals surface area contributed by atoms with Crippen LogP contribution in [0.4, 0.5) is 4.39 Å². The minimum Gasteiger partial charge on any atom is -0.348 e. The van der Waals surface area contributed by atoms with Gasteiger partial charge in [0.05, 0.1) is 17.9 Å². The average Bonchev–Trinajstić information content (AvgIpc) is 3.10. The summed E-state index contributed by atoms with van der Waals surface area (Å²) in [6, 6.07) is 5.77. The van der Waals surface area contributed by atoms with Crippen molar-refractivity contribution in [3.63, 3.8) is 0 Å². The van der Waals surface area contributed by atoms with Gasteiger partial charge >= 0.3 is 0 Å². The fraction of sp³-hybridized carbons (Fsp3) is 0.154. The second kappa shape index (κ2) is 5.22. The first-order valence-electron chi connectivity index (χ1n) is 6.05. The van der Waals surface area contributed by atoms with Gasteiger partial charge in [-0.05, 0) is 12.1 Å². The summed E-state index contributed by atoms with van der Waals surface area (Å²) in [4.78, 5) is 11.0. The van der Waals surface area contributed by atoms with Crippen LogP contribution in [0, 0.1) is 5.82 Å². The molecule has 6 nitrogen and oxygen atoms in total. The van der Waals surface area contributed by atoms with Crippen molar-refractivity contribution in [1.29, 1.82) is 0 Å². The van der Waals surface area contributed by atoms with Crippen LogP contribution in [-0.2, 0) is 6.42 Å². The van der Waals surface area contributed by atoms with Crippen LogP contribution in [0.1, 0.15) is 17.6 Å². The SMILES string of the molecule is N[C@@H](Cc1cnc[nH]1)c1nc(-c2ccccc2F)no1. The number of aromatic nitrogens is 4. The van der Waals surface area contributed by atoms with Crippen molar-refractivity contribution in [2.75, 3.05) is 0 Å². The normalized spacial score (nSPS) is 12.5. The van der Waals surface area contributed by atoms with E-state index in [2.05, 4.69) is 20.1 Å². The first-order valence-corrected chi connectivity index (χ1v) is 6.05. The summed E-state index contributed by atoms with van der Waals surface area (Å²) in [5.41, 5.74) is 7.13. The number of imidazole rings is 1. The zero-order chi connectivity index (χ0) is 13.9.